The fourth-order valence-corrected chi connectivity index (χ4v) is 1.73. The van der Waals surface area contributed by atoms with Crippen molar-refractivity contribution in [3.8, 4) is 0 Å². The number of pyridine rings is 1. The standard InChI is InChI=1S/C13H18N2/c1-9-5-6-10-7-8-11(13(2,3)4)15-12(10)14-9/h7-8H,1,5-6H2,2-4H3,(H,14,15). The van der Waals surface area contributed by atoms with Crippen molar-refractivity contribution in [3.05, 3.63) is 35.7 Å². The predicted molar refractivity (Wildman–Crippen MR) is 64.0 cm³/mol. The van der Waals surface area contributed by atoms with Gasteiger partial charge in [0.25, 0.3) is 0 Å². The van der Waals surface area contributed by atoms with Gasteiger partial charge in [0.15, 0.2) is 0 Å². The molecule has 1 aromatic heterocycles. The van der Waals surface area contributed by atoms with Gasteiger partial charge in [0, 0.05) is 16.8 Å². The van der Waals surface area contributed by atoms with Crippen LogP contribution in [-0.4, -0.2) is 4.98 Å². The Kier molecular flexibility index (Phi) is 2.29. The van der Waals surface area contributed by atoms with Gasteiger partial charge in [-0.1, -0.05) is 33.4 Å². The quantitative estimate of drug-likeness (QED) is 0.698. The maximum atomic E-state index is 4.66. The van der Waals surface area contributed by atoms with E-state index in [0.717, 1.165) is 30.1 Å². The molecule has 0 bridgehead atoms. The Morgan fingerprint density at radius 3 is 2.67 bits per heavy atom. The van der Waals surface area contributed by atoms with Crippen LogP contribution in [0.4, 0.5) is 5.82 Å². The molecule has 0 amide bonds. The van der Waals surface area contributed by atoms with Gasteiger partial charge in [-0.05, 0) is 24.5 Å². The van der Waals surface area contributed by atoms with Gasteiger partial charge in [0.2, 0.25) is 0 Å². The first-order valence-corrected chi connectivity index (χ1v) is 5.42. The Morgan fingerprint density at radius 2 is 2.00 bits per heavy atom. The van der Waals surface area contributed by atoms with Crippen molar-refractivity contribution in [2.24, 2.45) is 0 Å². The van der Waals surface area contributed by atoms with Crippen molar-refractivity contribution >= 4 is 5.82 Å². The summed E-state index contributed by atoms with van der Waals surface area (Å²) in [4.78, 5) is 4.66. The normalized spacial score (nSPS) is 15.8. The molecule has 0 atom stereocenters. The third-order valence-corrected chi connectivity index (χ3v) is 2.74. The lowest BCUT2D eigenvalue weighted by Crippen LogP contribution is -2.17. The Bertz CT molecular complexity index is 399. The van der Waals surface area contributed by atoms with Gasteiger partial charge in [-0.3, -0.25) is 0 Å². The van der Waals surface area contributed by atoms with Gasteiger partial charge in [-0.2, -0.15) is 0 Å². The number of hydrogen-bond donors (Lipinski definition) is 1. The molecule has 0 saturated carbocycles. The smallest absolute Gasteiger partial charge is 0.133 e. The van der Waals surface area contributed by atoms with E-state index in [4.69, 9.17) is 0 Å². The zero-order chi connectivity index (χ0) is 11.1. The van der Waals surface area contributed by atoms with E-state index in [9.17, 15) is 0 Å². The van der Waals surface area contributed by atoms with Crippen LogP contribution in [0, 0.1) is 0 Å². The summed E-state index contributed by atoms with van der Waals surface area (Å²) in [7, 11) is 0. The molecule has 0 fully saturated rings. The highest BCUT2D eigenvalue weighted by atomic mass is 15.0. The molecule has 80 valence electrons. The van der Waals surface area contributed by atoms with Crippen LogP contribution in [0.5, 0.6) is 0 Å². The molecule has 0 spiro atoms. The fourth-order valence-electron chi connectivity index (χ4n) is 1.73. The van der Waals surface area contributed by atoms with E-state index in [-0.39, 0.29) is 5.41 Å². The van der Waals surface area contributed by atoms with E-state index in [1.807, 2.05) is 0 Å². The van der Waals surface area contributed by atoms with Crippen LogP contribution < -0.4 is 5.32 Å². The first-order chi connectivity index (χ1) is 6.97. The van der Waals surface area contributed by atoms with E-state index in [1.54, 1.807) is 0 Å². The summed E-state index contributed by atoms with van der Waals surface area (Å²) in [5, 5.41) is 3.27. The zero-order valence-corrected chi connectivity index (χ0v) is 9.72. The molecule has 2 nitrogen and oxygen atoms in total. The lowest BCUT2D eigenvalue weighted by molar-refractivity contribution is 0.568. The SMILES string of the molecule is C=C1CCc2ccc(C(C)(C)C)nc2N1. The number of aromatic nitrogens is 1. The number of allylic oxidation sites excluding steroid dienone is 1. The third-order valence-electron chi connectivity index (χ3n) is 2.74. The molecule has 2 heterocycles. The molecule has 0 aliphatic carbocycles. The molecule has 1 aliphatic rings. The van der Waals surface area contributed by atoms with Crippen LogP contribution in [0.1, 0.15) is 38.4 Å². The van der Waals surface area contributed by atoms with Crippen LogP contribution in [0.25, 0.3) is 0 Å². The maximum Gasteiger partial charge on any atom is 0.133 e. The molecule has 15 heavy (non-hydrogen) atoms. The first kappa shape index (κ1) is 10.2. The van der Waals surface area contributed by atoms with Crippen molar-refractivity contribution in [2.75, 3.05) is 5.32 Å². The average molecular weight is 202 g/mol. The molecule has 1 aliphatic heterocycles. The summed E-state index contributed by atoms with van der Waals surface area (Å²) in [6.07, 6.45) is 2.07. The van der Waals surface area contributed by atoms with Gasteiger partial charge in [0.1, 0.15) is 5.82 Å². The highest BCUT2D eigenvalue weighted by Gasteiger charge is 2.19. The second kappa shape index (κ2) is 3.37. The van der Waals surface area contributed by atoms with Crippen molar-refractivity contribution in [2.45, 2.75) is 39.0 Å². The number of nitrogens with zero attached hydrogens (tertiary/aromatic N) is 1. The van der Waals surface area contributed by atoms with Gasteiger partial charge in [0.05, 0.1) is 0 Å². The van der Waals surface area contributed by atoms with Gasteiger partial charge in [-0.15, -0.1) is 0 Å². The topological polar surface area (TPSA) is 24.9 Å². The molecule has 1 aromatic rings. The lowest BCUT2D eigenvalue weighted by Gasteiger charge is -2.23. The zero-order valence-electron chi connectivity index (χ0n) is 9.72. The molecule has 2 rings (SSSR count). The number of fused-ring (bicyclic) bond motifs is 1. The van der Waals surface area contributed by atoms with Crippen molar-refractivity contribution in [1.29, 1.82) is 0 Å². The van der Waals surface area contributed by atoms with Crippen LogP contribution >= 0.6 is 0 Å². The fraction of sp³-hybridized carbons (Fsp3) is 0.462. The summed E-state index contributed by atoms with van der Waals surface area (Å²) in [5.41, 5.74) is 3.61. The van der Waals surface area contributed by atoms with E-state index < -0.39 is 0 Å². The van der Waals surface area contributed by atoms with E-state index in [0.29, 0.717) is 0 Å². The number of anilines is 1. The minimum Gasteiger partial charge on any atom is -0.344 e. The van der Waals surface area contributed by atoms with Gasteiger partial charge in [-0.25, -0.2) is 4.98 Å². The second-order valence-electron chi connectivity index (χ2n) is 5.18. The van der Waals surface area contributed by atoms with Crippen LogP contribution in [-0.2, 0) is 11.8 Å². The highest BCUT2D eigenvalue weighted by molar-refractivity contribution is 5.52. The summed E-state index contributed by atoms with van der Waals surface area (Å²) < 4.78 is 0. The monoisotopic (exact) mass is 202 g/mol. The highest BCUT2D eigenvalue weighted by Crippen LogP contribution is 2.28. The summed E-state index contributed by atoms with van der Waals surface area (Å²) in [5.74, 6) is 0.999. The van der Waals surface area contributed by atoms with Crippen molar-refractivity contribution in [1.82, 2.24) is 4.98 Å². The van der Waals surface area contributed by atoms with E-state index in [1.165, 1.54) is 5.56 Å². The Hall–Kier alpha value is -1.31. The largest absolute Gasteiger partial charge is 0.344 e. The number of aryl methyl sites for hydroxylation is 1. The third kappa shape index (κ3) is 2.04. The van der Waals surface area contributed by atoms with Crippen LogP contribution in [0.2, 0.25) is 0 Å². The number of nitrogens with one attached hydrogen (secondary N) is 1. The van der Waals surface area contributed by atoms with Crippen molar-refractivity contribution in [3.63, 3.8) is 0 Å². The lowest BCUT2D eigenvalue weighted by atomic mass is 9.90. The molecule has 1 N–H and O–H groups in total. The number of hydrogen-bond acceptors (Lipinski definition) is 2. The maximum absolute atomic E-state index is 4.66. The van der Waals surface area contributed by atoms with Crippen LogP contribution in [0.15, 0.2) is 24.4 Å². The summed E-state index contributed by atoms with van der Waals surface area (Å²) >= 11 is 0. The van der Waals surface area contributed by atoms with E-state index >= 15 is 0 Å². The molecule has 0 radical (unpaired) electrons. The Labute approximate surface area is 91.4 Å². The van der Waals surface area contributed by atoms with Crippen LogP contribution in [0.3, 0.4) is 0 Å². The predicted octanol–water partition coefficient (Wildman–Crippen LogP) is 3.25. The Balaban J connectivity index is 2.41. The minimum absolute atomic E-state index is 0.107. The van der Waals surface area contributed by atoms with E-state index in [2.05, 4.69) is 49.8 Å². The average Bonchev–Trinajstić information content (AvgIpc) is 2.15. The summed E-state index contributed by atoms with van der Waals surface area (Å²) in [6, 6.07) is 4.32. The number of rotatable bonds is 0. The summed E-state index contributed by atoms with van der Waals surface area (Å²) in [6.45, 7) is 10.5. The molecule has 2 heteroatoms. The molecule has 0 aromatic carbocycles. The molecule has 0 saturated heterocycles. The second-order valence-corrected chi connectivity index (χ2v) is 5.18. The Morgan fingerprint density at radius 1 is 1.27 bits per heavy atom. The first-order valence-electron chi connectivity index (χ1n) is 5.42. The molecular formula is C13H18N2. The minimum atomic E-state index is 0.107. The molecule has 0 unspecified atom stereocenters. The van der Waals surface area contributed by atoms with Gasteiger partial charge >= 0.3 is 0 Å². The molecular weight excluding hydrogens is 184 g/mol. The van der Waals surface area contributed by atoms with Crippen molar-refractivity contribution < 1.29 is 0 Å². The van der Waals surface area contributed by atoms with Gasteiger partial charge < -0.3 is 5.32 Å².